The molecule has 0 aliphatic carbocycles. The van der Waals surface area contributed by atoms with Gasteiger partial charge in [-0.1, -0.05) is 38.5 Å². The van der Waals surface area contributed by atoms with Crippen molar-refractivity contribution >= 4 is 0 Å². The first kappa shape index (κ1) is 18.3. The number of nitrogens with two attached hydrogens (primary N) is 1. The van der Waals surface area contributed by atoms with Gasteiger partial charge >= 0.3 is 0 Å². The van der Waals surface area contributed by atoms with Gasteiger partial charge in [-0.15, -0.1) is 0 Å². The first-order valence-electron chi connectivity index (χ1n) is 9.10. The van der Waals surface area contributed by atoms with Gasteiger partial charge in [0.2, 0.25) is 0 Å². The molecule has 23 heavy (non-hydrogen) atoms. The van der Waals surface area contributed by atoms with Gasteiger partial charge in [-0.25, -0.2) is 0 Å². The third-order valence-electron chi connectivity index (χ3n) is 4.74. The number of benzene rings is 1. The summed E-state index contributed by atoms with van der Waals surface area (Å²) in [6.07, 6.45) is 3.58. The molecule has 2 N–H and O–H groups in total. The summed E-state index contributed by atoms with van der Waals surface area (Å²) in [7, 11) is 0. The Balaban J connectivity index is 2.54. The number of aryl methyl sites for hydroxylation is 1. The molecule has 1 aromatic carbocycles. The van der Waals surface area contributed by atoms with Crippen molar-refractivity contribution in [3.8, 4) is 5.75 Å². The molecule has 0 amide bonds. The fourth-order valence-corrected chi connectivity index (χ4v) is 3.66. The molecule has 130 valence electrons. The summed E-state index contributed by atoms with van der Waals surface area (Å²) < 4.78 is 6.17. The highest BCUT2D eigenvalue weighted by Gasteiger charge is 2.29. The fraction of sp³-hybridized carbons (Fsp3) is 0.700. The highest BCUT2D eigenvalue weighted by Crippen LogP contribution is 2.41. The quantitative estimate of drug-likeness (QED) is 0.855. The Morgan fingerprint density at radius 1 is 1.22 bits per heavy atom. The Morgan fingerprint density at radius 2 is 1.87 bits per heavy atom. The molecule has 1 aliphatic heterocycles. The van der Waals surface area contributed by atoms with Crippen molar-refractivity contribution in [2.75, 3.05) is 26.2 Å². The lowest BCUT2D eigenvalue weighted by Crippen LogP contribution is -2.29. The van der Waals surface area contributed by atoms with Crippen LogP contribution in [0.4, 0.5) is 0 Å². The van der Waals surface area contributed by atoms with E-state index in [-0.39, 0.29) is 5.41 Å². The Hall–Kier alpha value is -1.06. The standard InChI is InChI=1S/C20H34N2O/c1-6-23-19-16(13-15(2)14-17(19)20(3,4)5)18(9-10-21)22-11-7-8-12-22/h13-14,18H,6-12,21H2,1-5H3. The number of nitrogens with zero attached hydrogens (tertiary/aromatic N) is 1. The van der Waals surface area contributed by atoms with Crippen LogP contribution < -0.4 is 10.5 Å². The normalized spacial score (nSPS) is 17.5. The summed E-state index contributed by atoms with van der Waals surface area (Å²) in [5.74, 6) is 1.09. The largest absolute Gasteiger partial charge is 0.493 e. The summed E-state index contributed by atoms with van der Waals surface area (Å²) in [6, 6.07) is 4.99. The zero-order valence-electron chi connectivity index (χ0n) is 15.6. The maximum absolute atomic E-state index is 6.17. The molecule has 1 fully saturated rings. The molecule has 0 aromatic heterocycles. The maximum atomic E-state index is 6.17. The van der Waals surface area contributed by atoms with E-state index >= 15 is 0 Å². The van der Waals surface area contributed by atoms with E-state index in [1.165, 1.54) is 42.6 Å². The van der Waals surface area contributed by atoms with Gasteiger partial charge in [-0.05, 0) is 58.2 Å². The second kappa shape index (κ2) is 7.67. The number of likely N-dealkylation sites (tertiary alicyclic amines) is 1. The minimum atomic E-state index is 0.0730. The smallest absolute Gasteiger partial charge is 0.127 e. The predicted octanol–water partition coefficient (Wildman–Crippen LogP) is 4.18. The molecular formula is C20H34N2O. The molecule has 0 bridgehead atoms. The molecule has 3 heteroatoms. The van der Waals surface area contributed by atoms with Crippen LogP contribution in [0.3, 0.4) is 0 Å². The van der Waals surface area contributed by atoms with Crippen LogP contribution >= 0.6 is 0 Å². The van der Waals surface area contributed by atoms with Crippen LogP contribution in [0, 0.1) is 6.92 Å². The zero-order valence-corrected chi connectivity index (χ0v) is 15.6. The van der Waals surface area contributed by atoms with Gasteiger partial charge in [0, 0.05) is 17.2 Å². The topological polar surface area (TPSA) is 38.5 Å². The average molecular weight is 319 g/mol. The SMILES string of the molecule is CCOc1c(C(CCN)N2CCCC2)cc(C)cc1C(C)(C)C. The van der Waals surface area contributed by atoms with E-state index in [1.807, 2.05) is 0 Å². The molecule has 1 heterocycles. The molecule has 3 nitrogen and oxygen atoms in total. The van der Waals surface area contributed by atoms with Crippen molar-refractivity contribution < 1.29 is 4.74 Å². The monoisotopic (exact) mass is 318 g/mol. The Labute approximate surface area is 142 Å². The highest BCUT2D eigenvalue weighted by molar-refractivity contribution is 5.49. The van der Waals surface area contributed by atoms with Crippen molar-refractivity contribution in [2.45, 2.75) is 65.3 Å². The second-order valence-electron chi connectivity index (χ2n) is 7.75. The van der Waals surface area contributed by atoms with Gasteiger partial charge in [0.05, 0.1) is 6.61 Å². The number of ether oxygens (including phenoxy) is 1. The molecule has 1 saturated heterocycles. The van der Waals surface area contributed by atoms with Gasteiger partial charge in [0.25, 0.3) is 0 Å². The first-order chi connectivity index (χ1) is 10.9. The molecule has 2 rings (SSSR count). The minimum Gasteiger partial charge on any atom is -0.493 e. The molecule has 1 unspecified atom stereocenters. The second-order valence-corrected chi connectivity index (χ2v) is 7.75. The van der Waals surface area contributed by atoms with Crippen LogP contribution in [0.2, 0.25) is 0 Å². The third-order valence-corrected chi connectivity index (χ3v) is 4.74. The fourth-order valence-electron chi connectivity index (χ4n) is 3.66. The van der Waals surface area contributed by atoms with E-state index in [1.54, 1.807) is 0 Å². The summed E-state index contributed by atoms with van der Waals surface area (Å²) in [4.78, 5) is 2.59. The van der Waals surface area contributed by atoms with Crippen LogP contribution in [0.25, 0.3) is 0 Å². The van der Waals surface area contributed by atoms with Crippen molar-refractivity contribution in [1.29, 1.82) is 0 Å². The van der Waals surface area contributed by atoms with E-state index in [0.717, 1.165) is 12.2 Å². The molecule has 1 aliphatic rings. The summed E-state index contributed by atoms with van der Waals surface area (Å²) in [5, 5.41) is 0. The van der Waals surface area contributed by atoms with Crippen molar-refractivity contribution in [3.05, 3.63) is 28.8 Å². The van der Waals surface area contributed by atoms with Crippen molar-refractivity contribution in [3.63, 3.8) is 0 Å². The van der Waals surface area contributed by atoms with E-state index < -0.39 is 0 Å². The lowest BCUT2D eigenvalue weighted by atomic mass is 9.82. The minimum absolute atomic E-state index is 0.0730. The summed E-state index contributed by atoms with van der Waals surface area (Å²) in [6.45, 7) is 14.8. The van der Waals surface area contributed by atoms with E-state index in [9.17, 15) is 0 Å². The number of rotatable bonds is 6. The van der Waals surface area contributed by atoms with Gasteiger partial charge in [-0.3, -0.25) is 4.90 Å². The average Bonchev–Trinajstić information content (AvgIpc) is 2.99. The van der Waals surface area contributed by atoms with Crippen LogP contribution in [-0.4, -0.2) is 31.1 Å². The Morgan fingerprint density at radius 3 is 2.39 bits per heavy atom. The maximum Gasteiger partial charge on any atom is 0.127 e. The van der Waals surface area contributed by atoms with Gasteiger partial charge < -0.3 is 10.5 Å². The first-order valence-corrected chi connectivity index (χ1v) is 9.10. The Kier molecular flexibility index (Phi) is 6.10. The van der Waals surface area contributed by atoms with Crippen LogP contribution in [-0.2, 0) is 5.41 Å². The molecule has 0 radical (unpaired) electrons. The van der Waals surface area contributed by atoms with E-state index in [4.69, 9.17) is 10.5 Å². The lowest BCUT2D eigenvalue weighted by molar-refractivity contribution is 0.225. The van der Waals surface area contributed by atoms with Crippen molar-refractivity contribution in [1.82, 2.24) is 4.90 Å². The zero-order chi connectivity index (χ0) is 17.0. The number of hydrogen-bond acceptors (Lipinski definition) is 3. The summed E-state index contributed by atoms with van der Waals surface area (Å²) >= 11 is 0. The summed E-state index contributed by atoms with van der Waals surface area (Å²) in [5.41, 5.74) is 9.99. The van der Waals surface area contributed by atoms with Crippen LogP contribution in [0.15, 0.2) is 12.1 Å². The molecular weight excluding hydrogens is 284 g/mol. The van der Waals surface area contributed by atoms with Crippen LogP contribution in [0.1, 0.15) is 69.7 Å². The van der Waals surface area contributed by atoms with Gasteiger partial charge in [0.15, 0.2) is 0 Å². The molecule has 1 atom stereocenters. The predicted molar refractivity (Wildman–Crippen MR) is 98.3 cm³/mol. The Bertz CT molecular complexity index is 513. The molecule has 0 spiro atoms. The molecule has 1 aromatic rings. The molecule has 0 saturated carbocycles. The lowest BCUT2D eigenvalue weighted by Gasteiger charge is -2.32. The highest BCUT2D eigenvalue weighted by atomic mass is 16.5. The number of hydrogen-bond donors (Lipinski definition) is 1. The van der Waals surface area contributed by atoms with Crippen molar-refractivity contribution in [2.24, 2.45) is 5.73 Å². The van der Waals surface area contributed by atoms with Crippen LogP contribution in [0.5, 0.6) is 5.75 Å². The van der Waals surface area contributed by atoms with Gasteiger partial charge in [-0.2, -0.15) is 0 Å². The third kappa shape index (κ3) is 4.27. The van der Waals surface area contributed by atoms with E-state index in [2.05, 4.69) is 51.7 Å². The van der Waals surface area contributed by atoms with E-state index in [0.29, 0.717) is 19.2 Å². The van der Waals surface area contributed by atoms with Gasteiger partial charge in [0.1, 0.15) is 5.75 Å².